The van der Waals surface area contributed by atoms with Crippen LogP contribution in [0.3, 0.4) is 0 Å². The van der Waals surface area contributed by atoms with Gasteiger partial charge in [0.05, 0.1) is 22.4 Å². The zero-order valence-electron chi connectivity index (χ0n) is 26.5. The quantitative estimate of drug-likeness (QED) is 0.183. The number of aromatic nitrogens is 2. The Morgan fingerprint density at radius 3 is 1.47 bits per heavy atom. The van der Waals surface area contributed by atoms with Crippen molar-refractivity contribution in [2.24, 2.45) is 0 Å². The Labute approximate surface area is 282 Å². The molecule has 0 unspecified atom stereocenters. The van der Waals surface area contributed by atoms with Crippen LogP contribution in [-0.4, -0.2) is 9.97 Å². The molecule has 2 aromatic heterocycles. The maximum Gasteiger partial charge on any atom is 0.135 e. The van der Waals surface area contributed by atoms with E-state index in [1.54, 1.807) is 0 Å². The van der Waals surface area contributed by atoms with Crippen LogP contribution < -0.4 is 0 Å². The predicted molar refractivity (Wildman–Crippen MR) is 204 cm³/mol. The Kier molecular flexibility index (Phi) is 6.18. The average Bonchev–Trinajstić information content (AvgIpc) is 3.56. The lowest BCUT2D eigenvalue weighted by Gasteiger charge is -2.15. The van der Waals surface area contributed by atoms with Crippen LogP contribution in [0, 0.1) is 0 Å². The zero-order chi connectivity index (χ0) is 32.3. The summed E-state index contributed by atoms with van der Waals surface area (Å²) in [5.41, 5.74) is 12.0. The van der Waals surface area contributed by atoms with Crippen molar-refractivity contribution >= 4 is 54.5 Å². The first kappa shape index (κ1) is 27.5. The summed E-state index contributed by atoms with van der Waals surface area (Å²) in [6, 6.07) is 59.6. The molecule has 8 aromatic carbocycles. The molecule has 0 aliphatic rings. The Bertz CT molecular complexity index is 2870. The van der Waals surface area contributed by atoms with E-state index in [0.29, 0.717) is 0 Å². The lowest BCUT2D eigenvalue weighted by Crippen LogP contribution is -1.98. The van der Waals surface area contributed by atoms with Crippen molar-refractivity contribution < 1.29 is 4.42 Å². The first-order valence-corrected chi connectivity index (χ1v) is 16.6. The third-order valence-electron chi connectivity index (χ3n) is 9.66. The highest BCUT2D eigenvalue weighted by Gasteiger charge is 2.19. The summed E-state index contributed by atoms with van der Waals surface area (Å²) in [5, 5.41) is 6.80. The molecule has 10 rings (SSSR count). The molecular formula is C46H28N2O. The van der Waals surface area contributed by atoms with E-state index in [9.17, 15) is 0 Å². The van der Waals surface area contributed by atoms with Gasteiger partial charge in [0.1, 0.15) is 11.2 Å². The van der Waals surface area contributed by atoms with Gasteiger partial charge in [0.25, 0.3) is 0 Å². The normalized spacial score (nSPS) is 11.7. The van der Waals surface area contributed by atoms with Crippen LogP contribution in [0.5, 0.6) is 0 Å². The van der Waals surface area contributed by atoms with Crippen molar-refractivity contribution in [2.45, 2.75) is 0 Å². The Balaban J connectivity index is 1.21. The molecule has 0 amide bonds. The third-order valence-corrected chi connectivity index (χ3v) is 9.66. The van der Waals surface area contributed by atoms with Crippen LogP contribution in [0.1, 0.15) is 0 Å². The minimum atomic E-state index is 0.858. The van der Waals surface area contributed by atoms with Crippen LogP contribution in [-0.2, 0) is 0 Å². The van der Waals surface area contributed by atoms with Crippen molar-refractivity contribution in [3.63, 3.8) is 0 Å². The first-order valence-electron chi connectivity index (χ1n) is 16.6. The largest absolute Gasteiger partial charge is 0.456 e. The molecule has 0 bridgehead atoms. The number of furan rings is 1. The van der Waals surface area contributed by atoms with Gasteiger partial charge >= 0.3 is 0 Å². The van der Waals surface area contributed by atoms with Crippen molar-refractivity contribution in [1.29, 1.82) is 0 Å². The van der Waals surface area contributed by atoms with E-state index < -0.39 is 0 Å². The van der Waals surface area contributed by atoms with Gasteiger partial charge in [-0.3, -0.25) is 0 Å². The van der Waals surface area contributed by atoms with E-state index in [4.69, 9.17) is 14.4 Å². The molecule has 0 saturated heterocycles. The fraction of sp³-hybridized carbons (Fsp3) is 0. The fourth-order valence-corrected chi connectivity index (χ4v) is 7.27. The average molecular weight is 625 g/mol. The van der Waals surface area contributed by atoms with Gasteiger partial charge in [0.15, 0.2) is 0 Å². The number of nitrogens with zero attached hydrogens (tertiary/aromatic N) is 2. The minimum Gasteiger partial charge on any atom is -0.456 e. The van der Waals surface area contributed by atoms with E-state index in [-0.39, 0.29) is 0 Å². The highest BCUT2D eigenvalue weighted by atomic mass is 16.3. The molecule has 3 nitrogen and oxygen atoms in total. The molecule has 228 valence electrons. The number of para-hydroxylation sites is 1. The fourth-order valence-electron chi connectivity index (χ4n) is 7.27. The Morgan fingerprint density at radius 2 is 0.755 bits per heavy atom. The van der Waals surface area contributed by atoms with E-state index >= 15 is 0 Å². The second-order valence-electron chi connectivity index (χ2n) is 12.5. The van der Waals surface area contributed by atoms with Crippen LogP contribution in [0.2, 0.25) is 0 Å². The van der Waals surface area contributed by atoms with Crippen LogP contribution in [0.25, 0.3) is 99.3 Å². The summed E-state index contributed by atoms with van der Waals surface area (Å²) in [7, 11) is 0. The van der Waals surface area contributed by atoms with Crippen molar-refractivity contribution in [3.8, 4) is 44.8 Å². The molecule has 0 fully saturated rings. The van der Waals surface area contributed by atoms with Gasteiger partial charge in [0, 0.05) is 32.7 Å². The van der Waals surface area contributed by atoms with Gasteiger partial charge in [0.2, 0.25) is 0 Å². The van der Waals surface area contributed by atoms with Gasteiger partial charge in [-0.15, -0.1) is 0 Å². The summed E-state index contributed by atoms with van der Waals surface area (Å²) >= 11 is 0. The minimum absolute atomic E-state index is 0.858. The van der Waals surface area contributed by atoms with Gasteiger partial charge in [-0.25, -0.2) is 9.97 Å². The molecule has 0 spiro atoms. The molecule has 0 aliphatic carbocycles. The Morgan fingerprint density at radius 1 is 0.286 bits per heavy atom. The lowest BCUT2D eigenvalue weighted by molar-refractivity contribution is 0.669. The summed E-state index contributed by atoms with van der Waals surface area (Å²) in [4.78, 5) is 11.0. The van der Waals surface area contributed by atoms with Crippen molar-refractivity contribution in [1.82, 2.24) is 9.97 Å². The topological polar surface area (TPSA) is 38.9 Å². The van der Waals surface area contributed by atoms with Crippen LogP contribution in [0.15, 0.2) is 174 Å². The lowest BCUT2D eigenvalue weighted by atomic mass is 9.95. The molecule has 0 atom stereocenters. The standard InChI is InChI=1S/C46H28N2O/c1-2-11-29(12-3-1)30-21-23-31(24-22-30)43-44(48-46-39-19-7-5-16-36(39)35-15-4-6-18-38(35)45(46)47-43)34-14-10-13-32(27-34)33-25-26-42-40(28-33)37-17-8-9-20-41(37)49-42/h1-28H. The maximum absolute atomic E-state index is 6.13. The number of hydrogen-bond donors (Lipinski definition) is 0. The van der Waals surface area contributed by atoms with E-state index in [1.807, 2.05) is 18.2 Å². The molecule has 3 heteroatoms. The van der Waals surface area contributed by atoms with E-state index in [1.165, 1.54) is 21.9 Å². The number of benzene rings is 8. The predicted octanol–water partition coefficient (Wildman–Crippen LogP) is 12.5. The Hall–Kier alpha value is -6.58. The molecule has 0 radical (unpaired) electrons. The summed E-state index contributed by atoms with van der Waals surface area (Å²) in [5.74, 6) is 0. The molecule has 0 saturated carbocycles. The smallest absolute Gasteiger partial charge is 0.135 e. The molecular weight excluding hydrogens is 597 g/mol. The highest BCUT2D eigenvalue weighted by Crippen LogP contribution is 2.40. The number of fused-ring (bicyclic) bond motifs is 9. The van der Waals surface area contributed by atoms with E-state index in [2.05, 4.69) is 152 Å². The van der Waals surface area contributed by atoms with E-state index in [0.717, 1.165) is 77.4 Å². The summed E-state index contributed by atoms with van der Waals surface area (Å²) in [6.07, 6.45) is 0. The molecule has 0 aliphatic heterocycles. The van der Waals surface area contributed by atoms with Gasteiger partial charge in [-0.05, 0) is 57.3 Å². The number of hydrogen-bond acceptors (Lipinski definition) is 3. The molecule has 2 heterocycles. The van der Waals surface area contributed by atoms with Gasteiger partial charge in [-0.1, -0.05) is 146 Å². The molecule has 0 N–H and O–H groups in total. The summed E-state index contributed by atoms with van der Waals surface area (Å²) in [6.45, 7) is 0. The second-order valence-corrected chi connectivity index (χ2v) is 12.5. The number of rotatable bonds is 4. The molecule has 10 aromatic rings. The maximum atomic E-state index is 6.13. The highest BCUT2D eigenvalue weighted by molar-refractivity contribution is 6.23. The van der Waals surface area contributed by atoms with Crippen molar-refractivity contribution in [3.05, 3.63) is 170 Å². The van der Waals surface area contributed by atoms with Gasteiger partial charge in [-0.2, -0.15) is 0 Å². The zero-order valence-corrected chi connectivity index (χ0v) is 26.5. The van der Waals surface area contributed by atoms with Crippen LogP contribution >= 0.6 is 0 Å². The second kappa shape index (κ2) is 11.0. The van der Waals surface area contributed by atoms with Gasteiger partial charge < -0.3 is 4.42 Å². The first-order chi connectivity index (χ1) is 24.3. The SMILES string of the molecule is c1ccc(-c2ccc(-c3nc4c5ccccc5c5ccccc5c4nc3-c3cccc(-c4ccc5oc6ccccc6c5c4)c3)cc2)cc1. The van der Waals surface area contributed by atoms with Crippen LogP contribution in [0.4, 0.5) is 0 Å². The summed E-state index contributed by atoms with van der Waals surface area (Å²) < 4.78 is 6.13. The van der Waals surface area contributed by atoms with Crippen molar-refractivity contribution in [2.75, 3.05) is 0 Å². The molecule has 49 heavy (non-hydrogen) atoms. The third kappa shape index (κ3) is 4.51. The monoisotopic (exact) mass is 624 g/mol.